The second-order valence-electron chi connectivity index (χ2n) is 5.00. The molecule has 2 heterocycles. The maximum absolute atomic E-state index is 12.0. The van der Waals surface area contributed by atoms with Gasteiger partial charge in [-0.05, 0) is 32.0 Å². The molecule has 110 valence electrons. The van der Waals surface area contributed by atoms with E-state index in [1.54, 1.807) is 12.1 Å². The van der Waals surface area contributed by atoms with Gasteiger partial charge in [0.2, 0.25) is 5.91 Å². The standard InChI is InChI=1S/C13H20N4O3/c1-16(9-12(18)17-6-2-3-7-17)8-10-4-5-11(20-10)13(19)15-14/h4-5H,2-3,6-9,14H2,1H3,(H,15,19). The molecule has 2 rings (SSSR count). The minimum atomic E-state index is -0.466. The Kier molecular flexibility index (Phi) is 4.75. The summed E-state index contributed by atoms with van der Waals surface area (Å²) in [5.74, 6) is 5.49. The van der Waals surface area contributed by atoms with Crippen LogP contribution >= 0.6 is 0 Å². The van der Waals surface area contributed by atoms with Gasteiger partial charge >= 0.3 is 5.91 Å². The molecule has 7 heteroatoms. The van der Waals surface area contributed by atoms with Crippen LogP contribution in [0.1, 0.15) is 29.2 Å². The summed E-state index contributed by atoms with van der Waals surface area (Å²) in [6, 6.07) is 3.27. The summed E-state index contributed by atoms with van der Waals surface area (Å²) in [6.45, 7) is 2.53. The topological polar surface area (TPSA) is 91.8 Å². The van der Waals surface area contributed by atoms with Gasteiger partial charge < -0.3 is 9.32 Å². The van der Waals surface area contributed by atoms with Crippen LogP contribution in [-0.4, -0.2) is 48.3 Å². The number of nitrogens with zero attached hydrogens (tertiary/aromatic N) is 2. The van der Waals surface area contributed by atoms with Crippen molar-refractivity contribution in [2.24, 2.45) is 5.84 Å². The predicted molar refractivity (Wildman–Crippen MR) is 72.5 cm³/mol. The number of furan rings is 1. The Morgan fingerprint density at radius 3 is 2.75 bits per heavy atom. The smallest absolute Gasteiger partial charge is 0.300 e. The highest BCUT2D eigenvalue weighted by Crippen LogP contribution is 2.11. The maximum Gasteiger partial charge on any atom is 0.300 e. The average molecular weight is 280 g/mol. The second-order valence-corrected chi connectivity index (χ2v) is 5.00. The number of likely N-dealkylation sites (N-methyl/N-ethyl adjacent to an activating group) is 1. The second kappa shape index (κ2) is 6.53. The van der Waals surface area contributed by atoms with Crippen molar-refractivity contribution in [1.29, 1.82) is 0 Å². The highest BCUT2D eigenvalue weighted by molar-refractivity contribution is 5.90. The SMILES string of the molecule is CN(CC(=O)N1CCCC1)Cc1ccc(C(=O)NN)o1. The predicted octanol–water partition coefficient (Wildman–Crippen LogP) is -0.0627. The zero-order valence-corrected chi connectivity index (χ0v) is 11.6. The van der Waals surface area contributed by atoms with Crippen LogP contribution in [0, 0.1) is 0 Å². The summed E-state index contributed by atoms with van der Waals surface area (Å²) < 4.78 is 5.36. The Bertz CT molecular complexity index is 480. The number of amides is 2. The number of nitrogens with one attached hydrogen (secondary N) is 1. The van der Waals surface area contributed by atoms with E-state index in [1.807, 2.05) is 22.3 Å². The van der Waals surface area contributed by atoms with Gasteiger partial charge in [0.15, 0.2) is 5.76 Å². The van der Waals surface area contributed by atoms with E-state index in [0.29, 0.717) is 18.8 Å². The van der Waals surface area contributed by atoms with Gasteiger partial charge in [-0.1, -0.05) is 0 Å². The van der Waals surface area contributed by atoms with Gasteiger partial charge in [0.25, 0.3) is 0 Å². The van der Waals surface area contributed by atoms with Crippen molar-refractivity contribution in [3.8, 4) is 0 Å². The number of nitrogens with two attached hydrogens (primary N) is 1. The summed E-state index contributed by atoms with van der Waals surface area (Å²) in [5, 5.41) is 0. The molecule has 0 saturated carbocycles. The number of carbonyl (C=O) groups excluding carboxylic acids is 2. The largest absolute Gasteiger partial charge is 0.455 e. The summed E-state index contributed by atoms with van der Waals surface area (Å²) in [5.41, 5.74) is 2.01. The third-order valence-electron chi connectivity index (χ3n) is 3.31. The molecule has 0 bridgehead atoms. The van der Waals surface area contributed by atoms with Gasteiger partial charge in [-0.2, -0.15) is 0 Å². The van der Waals surface area contributed by atoms with Crippen LogP contribution in [-0.2, 0) is 11.3 Å². The van der Waals surface area contributed by atoms with Crippen LogP contribution in [0.15, 0.2) is 16.5 Å². The summed E-state index contributed by atoms with van der Waals surface area (Å²) in [7, 11) is 1.85. The third-order valence-corrected chi connectivity index (χ3v) is 3.31. The van der Waals surface area contributed by atoms with Crippen molar-refractivity contribution in [3.63, 3.8) is 0 Å². The third kappa shape index (κ3) is 3.58. The van der Waals surface area contributed by atoms with E-state index in [4.69, 9.17) is 10.3 Å². The van der Waals surface area contributed by atoms with Crippen LogP contribution in [0.25, 0.3) is 0 Å². The van der Waals surface area contributed by atoms with Crippen molar-refractivity contribution >= 4 is 11.8 Å². The lowest BCUT2D eigenvalue weighted by molar-refractivity contribution is -0.131. The average Bonchev–Trinajstić information content (AvgIpc) is 3.08. The lowest BCUT2D eigenvalue weighted by atomic mass is 10.4. The van der Waals surface area contributed by atoms with E-state index in [9.17, 15) is 9.59 Å². The minimum absolute atomic E-state index is 0.136. The van der Waals surface area contributed by atoms with Crippen molar-refractivity contribution in [2.75, 3.05) is 26.7 Å². The molecule has 0 radical (unpaired) electrons. The van der Waals surface area contributed by atoms with E-state index in [2.05, 4.69) is 0 Å². The number of hydrogen-bond donors (Lipinski definition) is 2. The zero-order chi connectivity index (χ0) is 14.5. The lowest BCUT2D eigenvalue weighted by Gasteiger charge is -2.20. The van der Waals surface area contributed by atoms with Crippen LogP contribution in [0.3, 0.4) is 0 Å². The van der Waals surface area contributed by atoms with Gasteiger partial charge in [-0.3, -0.25) is 19.9 Å². The quantitative estimate of drug-likeness (QED) is 0.448. The monoisotopic (exact) mass is 280 g/mol. The van der Waals surface area contributed by atoms with E-state index < -0.39 is 5.91 Å². The molecule has 2 amide bonds. The van der Waals surface area contributed by atoms with E-state index in [-0.39, 0.29) is 11.7 Å². The van der Waals surface area contributed by atoms with E-state index >= 15 is 0 Å². The van der Waals surface area contributed by atoms with Crippen LogP contribution in [0.4, 0.5) is 0 Å². The Morgan fingerprint density at radius 2 is 2.10 bits per heavy atom. The molecule has 1 aromatic heterocycles. The van der Waals surface area contributed by atoms with Crippen molar-refractivity contribution in [3.05, 3.63) is 23.7 Å². The maximum atomic E-state index is 12.0. The zero-order valence-electron chi connectivity index (χ0n) is 11.6. The van der Waals surface area contributed by atoms with Gasteiger partial charge in [-0.15, -0.1) is 0 Å². The molecule has 20 heavy (non-hydrogen) atoms. The summed E-state index contributed by atoms with van der Waals surface area (Å²) in [4.78, 5) is 27.0. The minimum Gasteiger partial charge on any atom is -0.455 e. The highest BCUT2D eigenvalue weighted by Gasteiger charge is 2.19. The molecule has 1 aromatic rings. The van der Waals surface area contributed by atoms with Crippen molar-refractivity contribution in [2.45, 2.75) is 19.4 Å². The number of carbonyl (C=O) groups is 2. The van der Waals surface area contributed by atoms with Crippen molar-refractivity contribution in [1.82, 2.24) is 15.2 Å². The first kappa shape index (κ1) is 14.5. The van der Waals surface area contributed by atoms with Crippen LogP contribution < -0.4 is 11.3 Å². The first-order valence-electron chi connectivity index (χ1n) is 6.66. The molecule has 1 fully saturated rings. The number of hydrazine groups is 1. The Morgan fingerprint density at radius 1 is 1.40 bits per heavy atom. The summed E-state index contributed by atoms with van der Waals surface area (Å²) in [6.07, 6.45) is 2.18. The number of hydrogen-bond acceptors (Lipinski definition) is 5. The molecule has 1 aliphatic rings. The molecule has 0 spiro atoms. The molecule has 3 N–H and O–H groups in total. The molecule has 7 nitrogen and oxygen atoms in total. The van der Waals surface area contributed by atoms with E-state index in [1.165, 1.54) is 0 Å². The molecule has 0 unspecified atom stereocenters. The lowest BCUT2D eigenvalue weighted by Crippen LogP contribution is -2.36. The highest BCUT2D eigenvalue weighted by atomic mass is 16.4. The fraction of sp³-hybridized carbons (Fsp3) is 0.538. The number of likely N-dealkylation sites (tertiary alicyclic amines) is 1. The number of rotatable bonds is 5. The van der Waals surface area contributed by atoms with Gasteiger partial charge in [0.1, 0.15) is 5.76 Å². The fourth-order valence-electron chi connectivity index (χ4n) is 2.28. The van der Waals surface area contributed by atoms with Gasteiger partial charge in [0, 0.05) is 13.1 Å². The molecular formula is C13H20N4O3. The first-order valence-corrected chi connectivity index (χ1v) is 6.66. The molecule has 0 aromatic carbocycles. The number of nitrogen functional groups attached to an aromatic ring is 1. The van der Waals surface area contributed by atoms with Crippen molar-refractivity contribution < 1.29 is 14.0 Å². The van der Waals surface area contributed by atoms with Gasteiger partial charge in [-0.25, -0.2) is 5.84 Å². The molecular weight excluding hydrogens is 260 g/mol. The van der Waals surface area contributed by atoms with E-state index in [0.717, 1.165) is 25.9 Å². The Balaban J connectivity index is 1.84. The Labute approximate surface area is 117 Å². The fourth-order valence-corrected chi connectivity index (χ4v) is 2.28. The van der Waals surface area contributed by atoms with Crippen LogP contribution in [0.5, 0.6) is 0 Å². The van der Waals surface area contributed by atoms with Crippen LogP contribution in [0.2, 0.25) is 0 Å². The van der Waals surface area contributed by atoms with Gasteiger partial charge in [0.05, 0.1) is 13.1 Å². The first-order chi connectivity index (χ1) is 9.60. The Hall–Kier alpha value is -1.86. The molecule has 0 atom stereocenters. The molecule has 1 saturated heterocycles. The summed E-state index contributed by atoms with van der Waals surface area (Å²) >= 11 is 0. The molecule has 1 aliphatic heterocycles. The normalized spacial score (nSPS) is 14.8. The molecule has 0 aliphatic carbocycles.